The molecule has 0 heterocycles. The van der Waals surface area contributed by atoms with E-state index in [9.17, 15) is 9.59 Å². The van der Waals surface area contributed by atoms with E-state index in [0.29, 0.717) is 17.7 Å². The number of hydrogen-bond acceptors (Lipinski definition) is 3. The van der Waals surface area contributed by atoms with E-state index in [2.05, 4.69) is 31.2 Å². The first-order chi connectivity index (χ1) is 16.5. The van der Waals surface area contributed by atoms with Gasteiger partial charge in [0.05, 0.1) is 0 Å². The van der Waals surface area contributed by atoms with Crippen molar-refractivity contribution in [2.45, 2.75) is 20.3 Å². The molecular weight excluding hydrogens is 420 g/mol. The molecule has 3 heteroatoms. The van der Waals surface area contributed by atoms with Gasteiger partial charge in [-0.05, 0) is 66.4 Å². The van der Waals surface area contributed by atoms with Gasteiger partial charge in [-0.2, -0.15) is 0 Å². The van der Waals surface area contributed by atoms with Gasteiger partial charge in [-0.3, -0.25) is 4.79 Å². The third kappa shape index (κ3) is 6.17. The summed E-state index contributed by atoms with van der Waals surface area (Å²) in [5.74, 6) is -0.0479. The monoisotopic (exact) mass is 446 g/mol. The molecule has 4 rings (SSSR count). The van der Waals surface area contributed by atoms with E-state index in [0.717, 1.165) is 27.8 Å². The molecule has 0 aliphatic heterocycles. The Morgan fingerprint density at radius 1 is 0.676 bits per heavy atom. The van der Waals surface area contributed by atoms with E-state index in [1.807, 2.05) is 55.5 Å². The number of ketones is 1. The molecule has 0 atom stereocenters. The zero-order valence-electron chi connectivity index (χ0n) is 19.3. The van der Waals surface area contributed by atoms with Crippen molar-refractivity contribution in [2.75, 3.05) is 0 Å². The fourth-order valence-electron chi connectivity index (χ4n) is 3.55. The van der Waals surface area contributed by atoms with E-state index in [1.165, 1.54) is 11.6 Å². The maximum absolute atomic E-state index is 12.5. The number of esters is 1. The van der Waals surface area contributed by atoms with Crippen molar-refractivity contribution in [3.8, 4) is 16.9 Å². The number of benzene rings is 4. The maximum atomic E-state index is 12.5. The van der Waals surface area contributed by atoms with Gasteiger partial charge in [0.25, 0.3) is 0 Å². The molecule has 0 fully saturated rings. The molecule has 0 spiro atoms. The summed E-state index contributed by atoms with van der Waals surface area (Å²) in [6.45, 7) is 4.08. The van der Waals surface area contributed by atoms with Gasteiger partial charge in [0, 0.05) is 18.1 Å². The zero-order chi connectivity index (χ0) is 23.9. The van der Waals surface area contributed by atoms with Crippen molar-refractivity contribution in [2.24, 2.45) is 0 Å². The minimum atomic E-state index is -0.471. The van der Waals surface area contributed by atoms with Crippen molar-refractivity contribution in [1.82, 2.24) is 0 Å². The molecule has 0 radical (unpaired) electrons. The Kier molecular flexibility index (Phi) is 7.14. The topological polar surface area (TPSA) is 43.4 Å². The molecule has 0 N–H and O–H groups in total. The average molecular weight is 447 g/mol. The smallest absolute Gasteiger partial charge is 0.336 e. The van der Waals surface area contributed by atoms with Crippen LogP contribution in [0.5, 0.6) is 5.75 Å². The molecule has 0 saturated carbocycles. The Morgan fingerprint density at radius 3 is 1.79 bits per heavy atom. The lowest BCUT2D eigenvalue weighted by Gasteiger charge is -2.05. The summed E-state index contributed by atoms with van der Waals surface area (Å²) in [6.07, 6.45) is 3.46. The van der Waals surface area contributed by atoms with Crippen molar-refractivity contribution < 1.29 is 14.3 Å². The van der Waals surface area contributed by atoms with Crippen LogP contribution in [0.1, 0.15) is 32.6 Å². The lowest BCUT2D eigenvalue weighted by Crippen LogP contribution is -2.05. The number of aryl methyl sites for hydroxylation is 2. The summed E-state index contributed by atoms with van der Waals surface area (Å²) >= 11 is 0. The van der Waals surface area contributed by atoms with Crippen molar-refractivity contribution >= 4 is 17.8 Å². The van der Waals surface area contributed by atoms with E-state index in [1.54, 1.807) is 30.3 Å². The molecule has 0 amide bonds. The highest BCUT2D eigenvalue weighted by atomic mass is 16.5. The van der Waals surface area contributed by atoms with E-state index in [-0.39, 0.29) is 5.78 Å². The number of carbonyl (C=O) groups excluding carboxylic acids is 2. The summed E-state index contributed by atoms with van der Waals surface area (Å²) < 4.78 is 5.37. The summed E-state index contributed by atoms with van der Waals surface area (Å²) in [4.78, 5) is 24.7. The van der Waals surface area contributed by atoms with Gasteiger partial charge in [0.1, 0.15) is 5.75 Å². The molecular formula is C31H26O3. The first-order valence-corrected chi connectivity index (χ1v) is 11.2. The minimum absolute atomic E-state index is 0.0238. The zero-order valence-corrected chi connectivity index (χ0v) is 19.3. The Labute approximate surface area is 200 Å². The van der Waals surface area contributed by atoms with Crippen LogP contribution in [0.4, 0.5) is 0 Å². The van der Waals surface area contributed by atoms with Crippen LogP contribution in [0.15, 0.2) is 103 Å². The fraction of sp³-hybridized carbons (Fsp3) is 0.0968. The van der Waals surface area contributed by atoms with Crippen LogP contribution in [0, 0.1) is 13.8 Å². The largest absolute Gasteiger partial charge is 0.423 e. The van der Waals surface area contributed by atoms with Crippen LogP contribution >= 0.6 is 0 Å². The normalized spacial score (nSPS) is 10.9. The molecule has 0 bridgehead atoms. The fourth-order valence-corrected chi connectivity index (χ4v) is 3.55. The molecule has 34 heavy (non-hydrogen) atoms. The highest BCUT2D eigenvalue weighted by Gasteiger charge is 2.08. The third-order valence-electron chi connectivity index (χ3n) is 5.59. The highest BCUT2D eigenvalue weighted by molar-refractivity contribution is 5.97. The lowest BCUT2D eigenvalue weighted by atomic mass is 10.0. The SMILES string of the molecule is Cc1ccc(CC(=O)c2ccc(OC(=O)/C=C/c3ccc(-c4ccc(C)cc4)cc3)cc2)cc1. The summed E-state index contributed by atoms with van der Waals surface area (Å²) in [7, 11) is 0. The maximum Gasteiger partial charge on any atom is 0.336 e. The molecule has 0 aliphatic rings. The van der Waals surface area contributed by atoms with Gasteiger partial charge in [-0.25, -0.2) is 4.79 Å². The Morgan fingerprint density at radius 2 is 1.21 bits per heavy atom. The minimum Gasteiger partial charge on any atom is -0.423 e. The number of Topliss-reactive ketones (excluding diaryl/α,β-unsaturated/α-hetero) is 1. The Hall–Kier alpha value is -4.24. The second-order valence-corrected chi connectivity index (χ2v) is 8.35. The number of ether oxygens (including phenoxy) is 1. The number of rotatable bonds is 7. The molecule has 0 aliphatic carbocycles. The van der Waals surface area contributed by atoms with Gasteiger partial charge in [0.2, 0.25) is 0 Å². The quantitative estimate of drug-likeness (QED) is 0.133. The predicted octanol–water partition coefficient (Wildman–Crippen LogP) is 7.01. The Bertz CT molecular complexity index is 1300. The van der Waals surface area contributed by atoms with Crippen LogP contribution in [0.25, 0.3) is 17.2 Å². The van der Waals surface area contributed by atoms with Gasteiger partial charge < -0.3 is 4.74 Å². The van der Waals surface area contributed by atoms with Gasteiger partial charge in [0.15, 0.2) is 5.78 Å². The van der Waals surface area contributed by atoms with Crippen LogP contribution in [0.3, 0.4) is 0 Å². The van der Waals surface area contributed by atoms with Crippen LogP contribution in [-0.4, -0.2) is 11.8 Å². The van der Waals surface area contributed by atoms with Crippen LogP contribution in [-0.2, 0) is 11.2 Å². The standard InChI is InChI=1S/C31H26O3/c1-22-3-7-25(8-4-22)21-30(32)28-16-18-29(19-17-28)34-31(33)20-11-24-9-14-27(15-10-24)26-12-5-23(2)6-13-26/h3-20H,21H2,1-2H3/b20-11+. The van der Waals surface area contributed by atoms with Gasteiger partial charge in [-0.1, -0.05) is 83.9 Å². The molecule has 4 aromatic carbocycles. The van der Waals surface area contributed by atoms with E-state index < -0.39 is 5.97 Å². The summed E-state index contributed by atoms with van der Waals surface area (Å²) in [6, 6.07) is 30.9. The summed E-state index contributed by atoms with van der Waals surface area (Å²) in [5.41, 5.74) is 7.14. The van der Waals surface area contributed by atoms with Gasteiger partial charge in [-0.15, -0.1) is 0 Å². The molecule has 0 aromatic heterocycles. The van der Waals surface area contributed by atoms with Crippen LogP contribution < -0.4 is 4.74 Å². The first kappa shape index (κ1) is 22.9. The van der Waals surface area contributed by atoms with Crippen molar-refractivity contribution in [1.29, 1.82) is 0 Å². The third-order valence-corrected chi connectivity index (χ3v) is 5.59. The second kappa shape index (κ2) is 10.6. The summed E-state index contributed by atoms with van der Waals surface area (Å²) in [5, 5.41) is 0. The number of hydrogen-bond donors (Lipinski definition) is 0. The first-order valence-electron chi connectivity index (χ1n) is 11.2. The number of carbonyl (C=O) groups is 2. The van der Waals surface area contributed by atoms with Crippen LogP contribution in [0.2, 0.25) is 0 Å². The molecule has 0 unspecified atom stereocenters. The molecule has 0 saturated heterocycles. The second-order valence-electron chi connectivity index (χ2n) is 8.35. The average Bonchev–Trinajstić information content (AvgIpc) is 2.85. The van der Waals surface area contributed by atoms with Crippen molar-refractivity contribution in [3.05, 3.63) is 131 Å². The highest BCUT2D eigenvalue weighted by Crippen LogP contribution is 2.21. The predicted molar refractivity (Wildman–Crippen MR) is 137 cm³/mol. The Balaban J connectivity index is 1.32. The van der Waals surface area contributed by atoms with E-state index in [4.69, 9.17) is 4.74 Å². The lowest BCUT2D eigenvalue weighted by molar-refractivity contribution is -0.128. The molecule has 4 aromatic rings. The van der Waals surface area contributed by atoms with Gasteiger partial charge >= 0.3 is 5.97 Å². The van der Waals surface area contributed by atoms with Crippen molar-refractivity contribution in [3.63, 3.8) is 0 Å². The molecule has 3 nitrogen and oxygen atoms in total. The van der Waals surface area contributed by atoms with E-state index >= 15 is 0 Å². The molecule has 168 valence electrons.